The number of para-hydroxylation sites is 1. The summed E-state index contributed by atoms with van der Waals surface area (Å²) in [5, 5.41) is 4.84. The van der Waals surface area contributed by atoms with Gasteiger partial charge in [0.1, 0.15) is 6.04 Å². The Labute approximate surface area is 123 Å². The number of carbonyl (C=O) groups excluding carboxylic acids is 2. The molecule has 1 heterocycles. The van der Waals surface area contributed by atoms with Crippen LogP contribution < -0.4 is 5.32 Å². The molecule has 0 saturated heterocycles. The van der Waals surface area contributed by atoms with E-state index in [4.69, 9.17) is 4.84 Å². The number of likely N-dealkylation sites (N-methyl/N-ethyl adjacent to an activating group) is 1. The number of rotatable bonds is 5. The first-order valence-electron chi connectivity index (χ1n) is 6.66. The van der Waals surface area contributed by atoms with Crippen LogP contribution in [0.4, 0.5) is 0 Å². The smallest absolute Gasteiger partial charge is 0.268 e. The number of hydrogen-bond donors (Lipinski definition) is 2. The van der Waals surface area contributed by atoms with Gasteiger partial charge in [-0.1, -0.05) is 18.2 Å². The van der Waals surface area contributed by atoms with E-state index in [1.165, 1.54) is 21.1 Å². The molecule has 2 amide bonds. The highest BCUT2D eigenvalue weighted by atomic mass is 16.7. The number of benzene rings is 1. The third-order valence-electron chi connectivity index (χ3n) is 3.36. The van der Waals surface area contributed by atoms with E-state index in [0.717, 1.165) is 21.5 Å². The molecule has 2 aromatic rings. The second-order valence-corrected chi connectivity index (χ2v) is 4.84. The first-order chi connectivity index (χ1) is 10.0. The lowest BCUT2D eigenvalue weighted by atomic mass is 10.0. The zero-order chi connectivity index (χ0) is 15.4. The van der Waals surface area contributed by atoms with E-state index in [0.29, 0.717) is 6.42 Å². The average molecular weight is 289 g/mol. The molecule has 21 heavy (non-hydrogen) atoms. The van der Waals surface area contributed by atoms with Crippen LogP contribution in [-0.2, 0) is 20.8 Å². The molecule has 2 rings (SSSR count). The molecule has 0 saturated carbocycles. The molecule has 6 nitrogen and oxygen atoms in total. The first kappa shape index (κ1) is 15.1. The van der Waals surface area contributed by atoms with E-state index in [1.807, 2.05) is 30.5 Å². The number of carbonyl (C=O) groups is 2. The second-order valence-electron chi connectivity index (χ2n) is 4.84. The maximum atomic E-state index is 12.2. The number of nitrogens with one attached hydrogen (secondary N) is 2. The van der Waals surface area contributed by atoms with E-state index in [-0.39, 0.29) is 11.8 Å². The van der Waals surface area contributed by atoms with E-state index >= 15 is 0 Å². The van der Waals surface area contributed by atoms with Gasteiger partial charge in [-0.3, -0.25) is 14.4 Å². The molecule has 0 aliphatic rings. The van der Waals surface area contributed by atoms with Gasteiger partial charge in [0.2, 0.25) is 5.91 Å². The summed E-state index contributed by atoms with van der Waals surface area (Å²) in [6, 6.07) is 7.17. The molecule has 1 aromatic heterocycles. The van der Waals surface area contributed by atoms with Crippen molar-refractivity contribution in [3.63, 3.8) is 0 Å². The molecule has 0 radical (unpaired) electrons. The predicted octanol–water partition coefficient (Wildman–Crippen LogP) is 1.23. The summed E-state index contributed by atoms with van der Waals surface area (Å²) in [4.78, 5) is 31.6. The molecule has 1 unspecified atom stereocenters. The predicted molar refractivity (Wildman–Crippen MR) is 79.4 cm³/mol. The summed E-state index contributed by atoms with van der Waals surface area (Å²) >= 11 is 0. The summed E-state index contributed by atoms with van der Waals surface area (Å²) < 4.78 is 0. The molecule has 0 spiro atoms. The highest BCUT2D eigenvalue weighted by Crippen LogP contribution is 2.19. The van der Waals surface area contributed by atoms with Gasteiger partial charge >= 0.3 is 0 Å². The molecule has 0 bridgehead atoms. The molecule has 1 atom stereocenters. The first-order valence-corrected chi connectivity index (χ1v) is 6.66. The number of aromatic nitrogens is 1. The summed E-state index contributed by atoms with van der Waals surface area (Å²) in [5.74, 6) is -0.546. The fourth-order valence-corrected chi connectivity index (χ4v) is 2.28. The van der Waals surface area contributed by atoms with Gasteiger partial charge in [-0.05, 0) is 11.6 Å². The lowest BCUT2D eigenvalue weighted by molar-refractivity contribution is -0.171. The molecular formula is C15H19N3O3. The van der Waals surface area contributed by atoms with Gasteiger partial charge in [0.15, 0.2) is 0 Å². The van der Waals surface area contributed by atoms with Crippen LogP contribution in [0.3, 0.4) is 0 Å². The Morgan fingerprint density at radius 3 is 2.76 bits per heavy atom. The molecular weight excluding hydrogens is 270 g/mol. The third kappa shape index (κ3) is 3.41. The molecule has 0 aliphatic heterocycles. The standard InChI is InChI=1S/C15H19N3O3/c1-10(19)17-14(15(20)18(2)21-3)8-11-9-16-13-7-5-4-6-12(11)13/h4-7,9,14,16H,8H2,1-3H3,(H,17,19). The largest absolute Gasteiger partial charge is 0.361 e. The summed E-state index contributed by atoms with van der Waals surface area (Å²) in [6.45, 7) is 1.39. The number of fused-ring (bicyclic) bond motifs is 1. The lowest BCUT2D eigenvalue weighted by Gasteiger charge is -2.22. The van der Waals surface area contributed by atoms with Crippen LogP contribution in [-0.4, -0.2) is 42.1 Å². The minimum Gasteiger partial charge on any atom is -0.361 e. The average Bonchev–Trinajstić information content (AvgIpc) is 2.88. The summed E-state index contributed by atoms with van der Waals surface area (Å²) in [5.41, 5.74) is 1.98. The fourth-order valence-electron chi connectivity index (χ4n) is 2.28. The highest BCUT2D eigenvalue weighted by molar-refractivity contribution is 5.88. The normalized spacial score (nSPS) is 12.1. The van der Waals surface area contributed by atoms with E-state index in [2.05, 4.69) is 10.3 Å². The second kappa shape index (κ2) is 6.41. The molecule has 0 fully saturated rings. The Morgan fingerprint density at radius 1 is 1.38 bits per heavy atom. The van der Waals surface area contributed by atoms with Gasteiger partial charge < -0.3 is 10.3 Å². The molecule has 112 valence electrons. The number of hydroxylamine groups is 2. The summed E-state index contributed by atoms with van der Waals surface area (Å²) in [6.07, 6.45) is 2.26. The number of hydrogen-bond acceptors (Lipinski definition) is 3. The van der Waals surface area contributed by atoms with Crippen molar-refractivity contribution in [2.24, 2.45) is 0 Å². The molecule has 6 heteroatoms. The van der Waals surface area contributed by atoms with Crippen LogP contribution in [0.5, 0.6) is 0 Å². The van der Waals surface area contributed by atoms with Gasteiger partial charge in [0, 0.05) is 37.5 Å². The minimum atomic E-state index is -0.661. The zero-order valence-electron chi connectivity index (χ0n) is 12.3. The van der Waals surface area contributed by atoms with Crippen molar-refractivity contribution >= 4 is 22.7 Å². The van der Waals surface area contributed by atoms with E-state index < -0.39 is 6.04 Å². The van der Waals surface area contributed by atoms with Crippen molar-refractivity contribution in [3.05, 3.63) is 36.0 Å². The maximum absolute atomic E-state index is 12.2. The molecule has 1 aromatic carbocycles. The fraction of sp³-hybridized carbons (Fsp3) is 0.333. The van der Waals surface area contributed by atoms with Crippen LogP contribution in [0.1, 0.15) is 12.5 Å². The minimum absolute atomic E-state index is 0.252. The zero-order valence-corrected chi connectivity index (χ0v) is 12.3. The highest BCUT2D eigenvalue weighted by Gasteiger charge is 2.24. The Kier molecular flexibility index (Phi) is 4.59. The van der Waals surface area contributed by atoms with Crippen LogP contribution >= 0.6 is 0 Å². The quantitative estimate of drug-likeness (QED) is 0.813. The molecule has 2 N–H and O–H groups in total. The monoisotopic (exact) mass is 289 g/mol. The van der Waals surface area contributed by atoms with Crippen molar-refractivity contribution in [2.75, 3.05) is 14.2 Å². The van der Waals surface area contributed by atoms with Crippen LogP contribution in [0.15, 0.2) is 30.5 Å². The Hall–Kier alpha value is -2.34. The number of aromatic amines is 1. The number of nitrogens with zero attached hydrogens (tertiary/aromatic N) is 1. The van der Waals surface area contributed by atoms with Crippen molar-refractivity contribution in [1.82, 2.24) is 15.4 Å². The Morgan fingerprint density at radius 2 is 2.10 bits per heavy atom. The molecule has 0 aliphatic carbocycles. The lowest BCUT2D eigenvalue weighted by Crippen LogP contribution is -2.47. The number of H-pyrrole nitrogens is 1. The van der Waals surface area contributed by atoms with Crippen LogP contribution in [0, 0.1) is 0 Å². The van der Waals surface area contributed by atoms with E-state index in [1.54, 1.807) is 0 Å². The van der Waals surface area contributed by atoms with Crippen LogP contribution in [0.25, 0.3) is 10.9 Å². The Bertz CT molecular complexity index is 650. The van der Waals surface area contributed by atoms with Crippen molar-refractivity contribution < 1.29 is 14.4 Å². The van der Waals surface area contributed by atoms with Gasteiger partial charge in [0.25, 0.3) is 5.91 Å². The summed E-state index contributed by atoms with van der Waals surface area (Å²) in [7, 11) is 2.93. The Balaban J connectivity index is 2.26. The SMILES string of the molecule is CON(C)C(=O)C(Cc1c[nH]c2ccccc12)NC(C)=O. The van der Waals surface area contributed by atoms with E-state index in [9.17, 15) is 9.59 Å². The topological polar surface area (TPSA) is 74.4 Å². The number of amides is 2. The van der Waals surface area contributed by atoms with Gasteiger partial charge in [-0.15, -0.1) is 0 Å². The maximum Gasteiger partial charge on any atom is 0.268 e. The van der Waals surface area contributed by atoms with Crippen LogP contribution in [0.2, 0.25) is 0 Å². The third-order valence-corrected chi connectivity index (χ3v) is 3.36. The van der Waals surface area contributed by atoms with Crippen molar-refractivity contribution in [3.8, 4) is 0 Å². The van der Waals surface area contributed by atoms with Crippen molar-refractivity contribution in [2.45, 2.75) is 19.4 Å². The van der Waals surface area contributed by atoms with Crippen molar-refractivity contribution in [1.29, 1.82) is 0 Å². The van der Waals surface area contributed by atoms with Gasteiger partial charge in [0.05, 0.1) is 7.11 Å². The van der Waals surface area contributed by atoms with Gasteiger partial charge in [-0.2, -0.15) is 0 Å². The van der Waals surface area contributed by atoms with Gasteiger partial charge in [-0.25, -0.2) is 5.06 Å².